The summed E-state index contributed by atoms with van der Waals surface area (Å²) in [6, 6.07) is 26.2. The van der Waals surface area contributed by atoms with E-state index in [-0.39, 0.29) is 43.8 Å². The van der Waals surface area contributed by atoms with Gasteiger partial charge in [0.15, 0.2) is 0 Å². The predicted molar refractivity (Wildman–Crippen MR) is 185 cm³/mol. The van der Waals surface area contributed by atoms with Crippen molar-refractivity contribution in [1.82, 2.24) is 15.6 Å². The van der Waals surface area contributed by atoms with Crippen molar-refractivity contribution in [2.24, 2.45) is 11.8 Å². The highest BCUT2D eigenvalue weighted by molar-refractivity contribution is 5.87. The fourth-order valence-corrected chi connectivity index (χ4v) is 5.75. The van der Waals surface area contributed by atoms with Crippen LogP contribution >= 0.6 is 0 Å². The van der Waals surface area contributed by atoms with E-state index in [0.29, 0.717) is 25.7 Å². The molecule has 4 aromatic rings. The van der Waals surface area contributed by atoms with E-state index in [1.54, 1.807) is 12.2 Å². The molecule has 0 saturated carbocycles. The molecular formula is C39H45N3O5. The van der Waals surface area contributed by atoms with Crippen molar-refractivity contribution in [3.05, 3.63) is 133 Å². The van der Waals surface area contributed by atoms with E-state index in [0.717, 1.165) is 27.6 Å². The van der Waals surface area contributed by atoms with Gasteiger partial charge in [0.1, 0.15) is 6.61 Å². The summed E-state index contributed by atoms with van der Waals surface area (Å²) >= 11 is 0. The third-order valence-corrected chi connectivity index (χ3v) is 8.19. The summed E-state index contributed by atoms with van der Waals surface area (Å²) in [7, 11) is 0. The van der Waals surface area contributed by atoms with Gasteiger partial charge in [-0.1, -0.05) is 91.0 Å². The van der Waals surface area contributed by atoms with E-state index in [9.17, 15) is 19.5 Å². The van der Waals surface area contributed by atoms with Crippen LogP contribution in [0.15, 0.2) is 116 Å². The molecule has 0 radical (unpaired) electrons. The minimum atomic E-state index is -0.698. The van der Waals surface area contributed by atoms with Gasteiger partial charge in [0, 0.05) is 23.5 Å². The molecule has 4 N–H and O–H groups in total. The van der Waals surface area contributed by atoms with Gasteiger partial charge in [0.25, 0.3) is 0 Å². The van der Waals surface area contributed by atoms with Gasteiger partial charge in [-0.3, -0.25) is 14.4 Å². The van der Waals surface area contributed by atoms with Gasteiger partial charge in [-0.05, 0) is 54.9 Å². The van der Waals surface area contributed by atoms with Gasteiger partial charge in [0.05, 0.1) is 30.5 Å². The molecule has 8 nitrogen and oxygen atoms in total. The van der Waals surface area contributed by atoms with Crippen LogP contribution in [-0.4, -0.2) is 53.2 Å². The number of hydrogen-bond acceptors (Lipinski definition) is 5. The van der Waals surface area contributed by atoms with Gasteiger partial charge in [-0.15, -0.1) is 13.2 Å². The molecule has 0 aliphatic carbocycles. The maximum absolute atomic E-state index is 13.7. The molecule has 47 heavy (non-hydrogen) atoms. The monoisotopic (exact) mass is 635 g/mol. The summed E-state index contributed by atoms with van der Waals surface area (Å²) < 4.78 is 5.86. The molecule has 246 valence electrons. The molecule has 0 aliphatic heterocycles. The van der Waals surface area contributed by atoms with Crippen LogP contribution in [0.5, 0.6) is 0 Å². The Morgan fingerprint density at radius 3 is 2.04 bits per heavy atom. The number of allylic oxidation sites excluding steroid dienone is 2. The standard InChI is InChI=1S/C39H45N3O5/c1-3-13-30(24-37(44)41-33(26-43)22-29-17-9-6-10-18-29)38(45)42-34(23-32-25-40-36-20-12-11-19-35(32)36)27-47-39(46)31(14-4-2)21-28-15-7-5-8-16-28/h3-12,15-20,25,30-31,33-34,40,43H,1-2,13-14,21-24,26-27H2,(H,41,44)(H,42,45)/t30-,31+,33-,34-/m0/s1. The van der Waals surface area contributed by atoms with Crippen molar-refractivity contribution in [3.8, 4) is 0 Å². The normalized spacial score (nSPS) is 13.6. The minimum Gasteiger partial charge on any atom is -0.463 e. The molecule has 0 aliphatic rings. The molecule has 8 heteroatoms. The highest BCUT2D eigenvalue weighted by Gasteiger charge is 2.27. The molecule has 4 rings (SSSR count). The quantitative estimate of drug-likeness (QED) is 0.0804. The Kier molecular flexibility index (Phi) is 13.6. The zero-order valence-electron chi connectivity index (χ0n) is 26.8. The SMILES string of the molecule is C=CC[C@@H](CC(=O)N[C@H](CO)Cc1ccccc1)C(=O)N[C@H](COC(=O)[C@H](CC=C)Cc1ccccc1)Cc1c[nH]c2ccccc12. The van der Waals surface area contributed by atoms with Crippen molar-refractivity contribution in [2.45, 2.75) is 50.6 Å². The highest BCUT2D eigenvalue weighted by Crippen LogP contribution is 2.21. The second-order valence-electron chi connectivity index (χ2n) is 11.9. The summed E-state index contributed by atoms with van der Waals surface area (Å²) in [5.41, 5.74) is 3.95. The van der Waals surface area contributed by atoms with Crippen LogP contribution in [0.2, 0.25) is 0 Å². The number of carbonyl (C=O) groups is 3. The summed E-state index contributed by atoms with van der Waals surface area (Å²) in [6.45, 7) is 7.35. The van der Waals surface area contributed by atoms with Crippen LogP contribution in [0.25, 0.3) is 10.9 Å². The maximum Gasteiger partial charge on any atom is 0.309 e. The largest absolute Gasteiger partial charge is 0.463 e. The number of aliphatic hydroxyl groups excluding tert-OH is 1. The van der Waals surface area contributed by atoms with Crippen molar-refractivity contribution in [2.75, 3.05) is 13.2 Å². The summed E-state index contributed by atoms with van der Waals surface area (Å²) in [6.07, 6.45) is 7.28. The number of rotatable bonds is 19. The third kappa shape index (κ3) is 10.8. The number of nitrogens with one attached hydrogen (secondary N) is 3. The van der Waals surface area contributed by atoms with Crippen LogP contribution in [0.1, 0.15) is 36.0 Å². The fraction of sp³-hybridized carbons (Fsp3) is 0.308. The van der Waals surface area contributed by atoms with E-state index in [4.69, 9.17) is 4.74 Å². The molecule has 0 unspecified atom stereocenters. The van der Waals surface area contributed by atoms with E-state index in [1.807, 2.05) is 91.1 Å². The summed E-state index contributed by atoms with van der Waals surface area (Å²) in [4.78, 5) is 43.3. The van der Waals surface area contributed by atoms with Gasteiger partial charge in [0.2, 0.25) is 11.8 Å². The number of esters is 1. The highest BCUT2D eigenvalue weighted by atomic mass is 16.5. The average molecular weight is 636 g/mol. The smallest absolute Gasteiger partial charge is 0.309 e. The first-order valence-electron chi connectivity index (χ1n) is 16.1. The second-order valence-corrected chi connectivity index (χ2v) is 11.9. The molecule has 0 fully saturated rings. The number of carbonyl (C=O) groups excluding carboxylic acids is 3. The van der Waals surface area contributed by atoms with Crippen LogP contribution in [-0.2, 0) is 38.4 Å². The molecule has 0 saturated heterocycles. The zero-order chi connectivity index (χ0) is 33.4. The number of aromatic amines is 1. The number of hydrogen-bond donors (Lipinski definition) is 4. The minimum absolute atomic E-state index is 0.0385. The number of amides is 2. The lowest BCUT2D eigenvalue weighted by atomic mass is 9.96. The van der Waals surface area contributed by atoms with Crippen LogP contribution in [0.4, 0.5) is 0 Å². The number of fused-ring (bicyclic) bond motifs is 1. The van der Waals surface area contributed by atoms with Gasteiger partial charge in [-0.25, -0.2) is 0 Å². The van der Waals surface area contributed by atoms with E-state index in [1.165, 1.54) is 0 Å². The molecule has 0 spiro atoms. The summed E-state index contributed by atoms with van der Waals surface area (Å²) in [5, 5.41) is 16.8. The Hall–Kier alpha value is -4.95. The maximum atomic E-state index is 13.7. The number of H-pyrrole nitrogens is 1. The first-order valence-corrected chi connectivity index (χ1v) is 16.1. The van der Waals surface area contributed by atoms with Crippen LogP contribution in [0.3, 0.4) is 0 Å². The van der Waals surface area contributed by atoms with Crippen molar-refractivity contribution < 1.29 is 24.2 Å². The second kappa shape index (κ2) is 18.3. The number of benzene rings is 3. The Morgan fingerprint density at radius 2 is 1.38 bits per heavy atom. The van der Waals surface area contributed by atoms with Gasteiger partial charge >= 0.3 is 5.97 Å². The predicted octanol–water partition coefficient (Wildman–Crippen LogP) is 5.48. The van der Waals surface area contributed by atoms with E-state index >= 15 is 0 Å². The first kappa shape index (κ1) is 34.9. The molecule has 0 bridgehead atoms. The molecule has 1 aromatic heterocycles. The third-order valence-electron chi connectivity index (χ3n) is 8.19. The first-order chi connectivity index (χ1) is 22.9. The van der Waals surface area contributed by atoms with Gasteiger partial charge in [-0.2, -0.15) is 0 Å². The molecular weight excluding hydrogens is 590 g/mol. The van der Waals surface area contributed by atoms with Crippen molar-refractivity contribution in [3.63, 3.8) is 0 Å². The topological polar surface area (TPSA) is 121 Å². The lowest BCUT2D eigenvalue weighted by molar-refractivity contribution is -0.149. The van der Waals surface area contributed by atoms with E-state index < -0.39 is 23.9 Å². The fourth-order valence-electron chi connectivity index (χ4n) is 5.75. The van der Waals surface area contributed by atoms with E-state index in [2.05, 4.69) is 28.8 Å². The Balaban J connectivity index is 1.45. The number of aliphatic hydroxyl groups is 1. The van der Waals surface area contributed by atoms with Crippen LogP contribution < -0.4 is 10.6 Å². The number of aromatic nitrogens is 1. The molecule has 4 atom stereocenters. The number of ether oxygens (including phenoxy) is 1. The van der Waals surface area contributed by atoms with Crippen molar-refractivity contribution >= 4 is 28.7 Å². The molecule has 1 heterocycles. The summed E-state index contributed by atoms with van der Waals surface area (Å²) in [5.74, 6) is -2.14. The zero-order valence-corrected chi connectivity index (χ0v) is 26.8. The number of para-hydroxylation sites is 1. The lowest BCUT2D eigenvalue weighted by Crippen LogP contribution is -2.45. The Morgan fingerprint density at radius 1 is 0.766 bits per heavy atom. The lowest BCUT2D eigenvalue weighted by Gasteiger charge is -2.24. The Bertz CT molecular complexity index is 1600. The van der Waals surface area contributed by atoms with Crippen LogP contribution in [0, 0.1) is 11.8 Å². The molecule has 2 amide bonds. The molecule has 3 aromatic carbocycles. The Labute approximate surface area is 276 Å². The van der Waals surface area contributed by atoms with Gasteiger partial charge < -0.3 is 25.5 Å². The average Bonchev–Trinajstić information content (AvgIpc) is 3.49. The van der Waals surface area contributed by atoms with Crippen molar-refractivity contribution in [1.29, 1.82) is 0 Å².